The number of halogens is 1. The molecule has 2 aromatic carbocycles. The molecule has 0 nitrogen and oxygen atoms in total. The molecule has 0 bridgehead atoms. The summed E-state index contributed by atoms with van der Waals surface area (Å²) in [5.74, 6) is 0.527. The maximum Gasteiger partial charge on any atom is 0.0408 e. The van der Waals surface area contributed by atoms with Crippen molar-refractivity contribution in [2.24, 2.45) is 0 Å². The fraction of sp³-hybridized carbons (Fsp3) is 0.200. The summed E-state index contributed by atoms with van der Waals surface area (Å²) in [6.07, 6.45) is 1.03. The predicted octanol–water partition coefficient (Wildman–Crippen LogP) is 4.69. The van der Waals surface area contributed by atoms with E-state index in [2.05, 4.69) is 43.3 Å². The summed E-state index contributed by atoms with van der Waals surface area (Å²) in [6.45, 7) is 2.25. The third-order valence-electron chi connectivity index (χ3n) is 2.80. The quantitative estimate of drug-likeness (QED) is 0.718. The van der Waals surface area contributed by atoms with Crippen molar-refractivity contribution < 1.29 is 0 Å². The summed E-state index contributed by atoms with van der Waals surface area (Å²) in [6, 6.07) is 18.7. The van der Waals surface area contributed by atoms with Crippen LogP contribution in [0.15, 0.2) is 54.6 Å². The Morgan fingerprint density at radius 1 is 1.00 bits per heavy atom. The Balaban J connectivity index is 2.11. The van der Waals surface area contributed by atoms with Crippen LogP contribution in [0.5, 0.6) is 0 Å². The molecule has 16 heavy (non-hydrogen) atoms. The molecular weight excluding hydrogens is 216 g/mol. The van der Waals surface area contributed by atoms with E-state index in [-0.39, 0.29) is 0 Å². The Morgan fingerprint density at radius 3 is 2.44 bits per heavy atom. The summed E-state index contributed by atoms with van der Waals surface area (Å²) in [5, 5.41) is 0.817. The van der Waals surface area contributed by atoms with Crippen molar-refractivity contribution in [3.05, 3.63) is 70.7 Å². The summed E-state index contributed by atoms with van der Waals surface area (Å²) < 4.78 is 0. The van der Waals surface area contributed by atoms with E-state index in [4.69, 9.17) is 11.6 Å². The molecule has 0 fully saturated rings. The normalized spacial score (nSPS) is 12.4. The summed E-state index contributed by atoms with van der Waals surface area (Å²) >= 11 is 5.97. The molecule has 0 aliphatic carbocycles. The minimum absolute atomic E-state index is 0.527. The zero-order valence-electron chi connectivity index (χ0n) is 9.36. The molecule has 1 atom stereocenters. The predicted molar refractivity (Wildman–Crippen MR) is 70.0 cm³/mol. The van der Waals surface area contributed by atoms with Gasteiger partial charge in [-0.05, 0) is 35.6 Å². The number of rotatable bonds is 3. The Labute approximate surface area is 102 Å². The molecule has 0 heterocycles. The van der Waals surface area contributed by atoms with Crippen molar-refractivity contribution in [3.8, 4) is 0 Å². The van der Waals surface area contributed by atoms with E-state index in [0.717, 1.165) is 11.4 Å². The fourth-order valence-electron chi connectivity index (χ4n) is 1.92. The van der Waals surface area contributed by atoms with Gasteiger partial charge in [0.15, 0.2) is 0 Å². The van der Waals surface area contributed by atoms with Gasteiger partial charge in [-0.15, -0.1) is 0 Å². The van der Waals surface area contributed by atoms with Crippen molar-refractivity contribution in [3.63, 3.8) is 0 Å². The fourth-order valence-corrected chi connectivity index (χ4v) is 2.13. The average molecular weight is 231 g/mol. The topological polar surface area (TPSA) is 0 Å². The monoisotopic (exact) mass is 230 g/mol. The van der Waals surface area contributed by atoms with E-state index < -0.39 is 0 Å². The second-order valence-corrected chi connectivity index (χ2v) is 4.58. The van der Waals surface area contributed by atoms with Crippen molar-refractivity contribution in [2.45, 2.75) is 19.3 Å². The zero-order valence-corrected chi connectivity index (χ0v) is 10.1. The van der Waals surface area contributed by atoms with E-state index in [0.29, 0.717) is 5.92 Å². The highest BCUT2D eigenvalue weighted by atomic mass is 35.5. The molecule has 0 amide bonds. The summed E-state index contributed by atoms with van der Waals surface area (Å²) in [4.78, 5) is 0. The van der Waals surface area contributed by atoms with Crippen molar-refractivity contribution in [1.82, 2.24) is 0 Å². The third-order valence-corrected chi connectivity index (χ3v) is 3.03. The van der Waals surface area contributed by atoms with Crippen LogP contribution in [0, 0.1) is 0 Å². The Hall–Kier alpha value is -1.27. The van der Waals surface area contributed by atoms with Gasteiger partial charge in [0.1, 0.15) is 0 Å². The molecule has 82 valence electrons. The first-order chi connectivity index (χ1) is 7.75. The number of hydrogen-bond donors (Lipinski definition) is 0. The summed E-state index contributed by atoms with van der Waals surface area (Å²) in [5.41, 5.74) is 2.67. The van der Waals surface area contributed by atoms with Gasteiger partial charge in [-0.2, -0.15) is 0 Å². The van der Waals surface area contributed by atoms with E-state index in [1.54, 1.807) is 0 Å². The van der Waals surface area contributed by atoms with Crippen LogP contribution < -0.4 is 0 Å². The van der Waals surface area contributed by atoms with Gasteiger partial charge in [-0.3, -0.25) is 0 Å². The van der Waals surface area contributed by atoms with Gasteiger partial charge in [0.25, 0.3) is 0 Å². The molecular formula is C15H15Cl. The van der Waals surface area contributed by atoms with Crippen LogP contribution in [0.4, 0.5) is 0 Å². The van der Waals surface area contributed by atoms with Gasteiger partial charge in [0.05, 0.1) is 0 Å². The lowest BCUT2D eigenvalue weighted by atomic mass is 9.94. The first-order valence-electron chi connectivity index (χ1n) is 5.55. The molecule has 2 aromatic rings. The van der Waals surface area contributed by atoms with Crippen molar-refractivity contribution >= 4 is 11.6 Å². The molecule has 0 saturated heterocycles. The van der Waals surface area contributed by atoms with Crippen LogP contribution in [-0.4, -0.2) is 0 Å². The Kier molecular flexibility index (Phi) is 3.63. The van der Waals surface area contributed by atoms with E-state index >= 15 is 0 Å². The second-order valence-electron chi connectivity index (χ2n) is 4.15. The molecule has 2 rings (SSSR count). The third kappa shape index (κ3) is 2.86. The lowest BCUT2D eigenvalue weighted by Crippen LogP contribution is -1.97. The Morgan fingerprint density at radius 2 is 1.75 bits per heavy atom. The van der Waals surface area contributed by atoms with Crippen molar-refractivity contribution in [2.75, 3.05) is 0 Å². The van der Waals surface area contributed by atoms with E-state index in [9.17, 15) is 0 Å². The molecule has 0 aliphatic rings. The van der Waals surface area contributed by atoms with Gasteiger partial charge in [-0.1, -0.05) is 61.0 Å². The lowest BCUT2D eigenvalue weighted by Gasteiger charge is -2.11. The highest BCUT2D eigenvalue weighted by molar-refractivity contribution is 6.30. The highest BCUT2D eigenvalue weighted by Gasteiger charge is 2.05. The number of hydrogen-bond acceptors (Lipinski definition) is 0. The van der Waals surface area contributed by atoms with Gasteiger partial charge < -0.3 is 0 Å². The SMILES string of the molecule is CC(Cc1cccc(Cl)c1)c1ccccc1. The molecule has 1 heteroatoms. The van der Waals surface area contributed by atoms with Gasteiger partial charge in [-0.25, -0.2) is 0 Å². The van der Waals surface area contributed by atoms with Gasteiger partial charge in [0, 0.05) is 5.02 Å². The molecule has 0 N–H and O–H groups in total. The standard InChI is InChI=1S/C15H15Cl/c1-12(14-7-3-2-4-8-14)10-13-6-5-9-15(16)11-13/h2-9,11-12H,10H2,1H3. The molecule has 0 saturated carbocycles. The van der Waals surface area contributed by atoms with E-state index in [1.165, 1.54) is 11.1 Å². The van der Waals surface area contributed by atoms with Crippen LogP contribution in [0.3, 0.4) is 0 Å². The van der Waals surface area contributed by atoms with Crippen LogP contribution >= 0.6 is 11.6 Å². The van der Waals surface area contributed by atoms with Crippen LogP contribution in [-0.2, 0) is 6.42 Å². The minimum Gasteiger partial charge on any atom is -0.0843 e. The molecule has 0 aliphatic heterocycles. The smallest absolute Gasteiger partial charge is 0.0408 e. The second kappa shape index (κ2) is 5.18. The highest BCUT2D eigenvalue weighted by Crippen LogP contribution is 2.21. The van der Waals surface area contributed by atoms with E-state index in [1.807, 2.05) is 18.2 Å². The maximum absolute atomic E-state index is 5.97. The van der Waals surface area contributed by atoms with Crippen LogP contribution in [0.1, 0.15) is 24.0 Å². The van der Waals surface area contributed by atoms with Gasteiger partial charge in [0.2, 0.25) is 0 Å². The molecule has 0 aromatic heterocycles. The van der Waals surface area contributed by atoms with Crippen LogP contribution in [0.2, 0.25) is 5.02 Å². The Bertz CT molecular complexity index is 448. The first kappa shape index (κ1) is 11.2. The first-order valence-corrected chi connectivity index (χ1v) is 5.93. The zero-order chi connectivity index (χ0) is 11.4. The molecule has 0 radical (unpaired) electrons. The van der Waals surface area contributed by atoms with Gasteiger partial charge >= 0.3 is 0 Å². The number of benzene rings is 2. The summed E-state index contributed by atoms with van der Waals surface area (Å²) in [7, 11) is 0. The van der Waals surface area contributed by atoms with Crippen LogP contribution in [0.25, 0.3) is 0 Å². The largest absolute Gasteiger partial charge is 0.0843 e. The average Bonchev–Trinajstić information content (AvgIpc) is 2.30. The lowest BCUT2D eigenvalue weighted by molar-refractivity contribution is 0.759. The minimum atomic E-state index is 0.527. The molecule has 1 unspecified atom stereocenters. The van der Waals surface area contributed by atoms with Crippen molar-refractivity contribution in [1.29, 1.82) is 0 Å². The maximum atomic E-state index is 5.97. The molecule has 0 spiro atoms.